The second-order valence-corrected chi connectivity index (χ2v) is 8.68. The van der Waals surface area contributed by atoms with Gasteiger partial charge in [0.2, 0.25) is 5.91 Å². The molecule has 2 heterocycles. The summed E-state index contributed by atoms with van der Waals surface area (Å²) in [6.07, 6.45) is 4.11. The molecule has 2 rings (SSSR count). The van der Waals surface area contributed by atoms with E-state index in [4.69, 9.17) is 9.47 Å². The van der Waals surface area contributed by atoms with Crippen molar-refractivity contribution in [3.63, 3.8) is 0 Å². The topological polar surface area (TPSA) is 76.2 Å². The molecule has 7 heteroatoms. The number of hydrogen-bond acceptors (Lipinski definition) is 5. The van der Waals surface area contributed by atoms with Crippen LogP contribution in [0.15, 0.2) is 0 Å². The van der Waals surface area contributed by atoms with Crippen LogP contribution in [-0.4, -0.2) is 66.2 Å². The Morgan fingerprint density at radius 1 is 0.963 bits per heavy atom. The Hall–Kier alpha value is -1.79. The molecule has 2 amide bonds. The van der Waals surface area contributed by atoms with Crippen LogP contribution in [-0.2, 0) is 19.1 Å². The fraction of sp³-hybridized carbons (Fsp3) is 0.850. The van der Waals surface area contributed by atoms with Crippen LogP contribution in [0.4, 0.5) is 4.79 Å². The number of rotatable bonds is 6. The number of unbranched alkanes of at least 4 members (excludes halogenated alkanes) is 1. The first-order valence-electron chi connectivity index (χ1n) is 10.1. The highest BCUT2D eigenvalue weighted by Gasteiger charge is 2.43. The fourth-order valence-corrected chi connectivity index (χ4v) is 3.48. The number of carbonyl (C=O) groups is 3. The van der Waals surface area contributed by atoms with Crippen molar-refractivity contribution in [3.8, 4) is 0 Å². The lowest BCUT2D eigenvalue weighted by atomic mass is 9.99. The van der Waals surface area contributed by atoms with Gasteiger partial charge in [-0.2, -0.15) is 0 Å². The van der Waals surface area contributed by atoms with Gasteiger partial charge in [-0.25, -0.2) is 9.59 Å². The van der Waals surface area contributed by atoms with Gasteiger partial charge in [-0.1, -0.05) is 34.1 Å². The van der Waals surface area contributed by atoms with Crippen LogP contribution in [0, 0.1) is 5.41 Å². The van der Waals surface area contributed by atoms with Gasteiger partial charge in [0, 0.05) is 13.1 Å². The Balaban J connectivity index is 1.97. The summed E-state index contributed by atoms with van der Waals surface area (Å²) >= 11 is 0. The van der Waals surface area contributed by atoms with Gasteiger partial charge in [0.1, 0.15) is 12.1 Å². The average molecular weight is 383 g/mol. The van der Waals surface area contributed by atoms with E-state index in [1.807, 2.05) is 27.7 Å². The lowest BCUT2D eigenvalue weighted by Crippen LogP contribution is -2.51. The molecule has 2 unspecified atom stereocenters. The normalized spacial score (nSPS) is 22.8. The Kier molecular flexibility index (Phi) is 7.50. The molecule has 27 heavy (non-hydrogen) atoms. The van der Waals surface area contributed by atoms with E-state index in [-0.39, 0.29) is 17.3 Å². The largest absolute Gasteiger partial charge is 0.464 e. The molecule has 0 saturated carbocycles. The third kappa shape index (κ3) is 5.84. The summed E-state index contributed by atoms with van der Waals surface area (Å²) in [6, 6.07) is -1.07. The lowest BCUT2D eigenvalue weighted by molar-refractivity contribution is -0.154. The summed E-state index contributed by atoms with van der Waals surface area (Å²) in [7, 11) is 0. The molecule has 0 N–H and O–H groups in total. The van der Waals surface area contributed by atoms with E-state index in [9.17, 15) is 14.4 Å². The molecule has 2 aliphatic rings. The van der Waals surface area contributed by atoms with Gasteiger partial charge in [0.15, 0.2) is 0 Å². The first kappa shape index (κ1) is 21.5. The number of likely N-dealkylation sites (tertiary alicyclic amines) is 2. The number of hydrogen-bond donors (Lipinski definition) is 0. The maximum Gasteiger partial charge on any atom is 0.410 e. The van der Waals surface area contributed by atoms with Crippen LogP contribution in [0.5, 0.6) is 0 Å². The second-order valence-electron chi connectivity index (χ2n) is 8.68. The van der Waals surface area contributed by atoms with Crippen LogP contribution in [0.1, 0.15) is 66.2 Å². The zero-order chi connectivity index (χ0) is 20.0. The molecule has 0 aromatic heterocycles. The van der Waals surface area contributed by atoms with Crippen molar-refractivity contribution in [1.29, 1.82) is 0 Å². The summed E-state index contributed by atoms with van der Waals surface area (Å²) in [5, 5.41) is 0. The first-order chi connectivity index (χ1) is 12.7. The Morgan fingerprint density at radius 3 is 2.22 bits per heavy atom. The lowest BCUT2D eigenvalue weighted by Gasteiger charge is -2.30. The minimum Gasteiger partial charge on any atom is -0.464 e. The summed E-state index contributed by atoms with van der Waals surface area (Å²) in [5.74, 6) is -0.482. The molecule has 0 aromatic carbocycles. The smallest absolute Gasteiger partial charge is 0.410 e. The highest BCUT2D eigenvalue weighted by molar-refractivity contribution is 5.90. The zero-order valence-electron chi connectivity index (χ0n) is 17.2. The fourth-order valence-electron chi connectivity index (χ4n) is 3.48. The summed E-state index contributed by atoms with van der Waals surface area (Å²) in [4.78, 5) is 41.0. The van der Waals surface area contributed by atoms with E-state index in [0.29, 0.717) is 39.1 Å². The quantitative estimate of drug-likeness (QED) is 0.521. The van der Waals surface area contributed by atoms with Gasteiger partial charge in [0.25, 0.3) is 0 Å². The van der Waals surface area contributed by atoms with Gasteiger partial charge >= 0.3 is 12.1 Å². The van der Waals surface area contributed by atoms with Gasteiger partial charge in [0.05, 0.1) is 13.2 Å². The number of ether oxygens (including phenoxy) is 2. The second kappa shape index (κ2) is 9.42. The molecule has 7 nitrogen and oxygen atoms in total. The van der Waals surface area contributed by atoms with Crippen LogP contribution >= 0.6 is 0 Å². The van der Waals surface area contributed by atoms with Crippen LogP contribution < -0.4 is 0 Å². The van der Waals surface area contributed by atoms with E-state index >= 15 is 0 Å². The van der Waals surface area contributed by atoms with Crippen LogP contribution in [0.25, 0.3) is 0 Å². The SMILES string of the molecule is CCCCOC(=O)C1CCCN1C(=O)C1CCCN1C(=O)OCC(C)(C)C. The summed E-state index contributed by atoms with van der Waals surface area (Å²) in [5.41, 5.74) is -0.128. The Labute approximate surface area is 162 Å². The zero-order valence-corrected chi connectivity index (χ0v) is 17.2. The molecule has 0 aromatic rings. The predicted octanol–water partition coefficient (Wildman–Crippen LogP) is 2.97. The predicted molar refractivity (Wildman–Crippen MR) is 101 cm³/mol. The number of amides is 2. The van der Waals surface area contributed by atoms with Crippen LogP contribution in [0.2, 0.25) is 0 Å². The molecule has 2 fully saturated rings. The van der Waals surface area contributed by atoms with Gasteiger partial charge in [-0.15, -0.1) is 0 Å². The Morgan fingerprint density at radius 2 is 1.59 bits per heavy atom. The molecule has 0 radical (unpaired) electrons. The van der Waals surface area contributed by atoms with E-state index in [1.165, 1.54) is 4.90 Å². The molecular formula is C20H34N2O5. The van der Waals surface area contributed by atoms with E-state index in [1.54, 1.807) is 4.90 Å². The van der Waals surface area contributed by atoms with Crippen molar-refractivity contribution in [2.24, 2.45) is 5.41 Å². The van der Waals surface area contributed by atoms with Gasteiger partial charge in [-0.3, -0.25) is 9.69 Å². The molecule has 0 aliphatic carbocycles. The van der Waals surface area contributed by atoms with Crippen molar-refractivity contribution in [2.45, 2.75) is 78.3 Å². The number of carbonyl (C=O) groups excluding carboxylic acids is 3. The van der Waals surface area contributed by atoms with Crippen molar-refractivity contribution in [1.82, 2.24) is 9.80 Å². The molecular weight excluding hydrogens is 348 g/mol. The summed E-state index contributed by atoms with van der Waals surface area (Å²) in [6.45, 7) is 9.75. The standard InChI is InChI=1S/C20H34N2O5/c1-5-6-13-26-18(24)16-10-8-11-21(16)17(23)15-9-7-12-22(15)19(25)27-14-20(2,3)4/h15-16H,5-14H2,1-4H3. The highest BCUT2D eigenvalue weighted by Crippen LogP contribution is 2.26. The average Bonchev–Trinajstić information content (AvgIpc) is 3.27. The van der Waals surface area contributed by atoms with Crippen molar-refractivity contribution >= 4 is 18.0 Å². The highest BCUT2D eigenvalue weighted by atomic mass is 16.6. The van der Waals surface area contributed by atoms with Crippen molar-refractivity contribution in [3.05, 3.63) is 0 Å². The third-order valence-corrected chi connectivity index (χ3v) is 4.95. The van der Waals surface area contributed by atoms with Crippen molar-refractivity contribution < 1.29 is 23.9 Å². The molecule has 154 valence electrons. The minimum absolute atomic E-state index is 0.128. The maximum absolute atomic E-state index is 13.1. The minimum atomic E-state index is -0.540. The first-order valence-corrected chi connectivity index (χ1v) is 10.1. The number of nitrogens with zero attached hydrogens (tertiary/aromatic N) is 2. The van der Waals surface area contributed by atoms with Crippen molar-refractivity contribution in [2.75, 3.05) is 26.3 Å². The molecule has 0 spiro atoms. The van der Waals surface area contributed by atoms with Gasteiger partial charge in [-0.05, 0) is 37.5 Å². The Bertz CT molecular complexity index is 543. The molecule has 2 aliphatic heterocycles. The molecule has 2 saturated heterocycles. The van der Waals surface area contributed by atoms with Gasteiger partial charge < -0.3 is 14.4 Å². The third-order valence-electron chi connectivity index (χ3n) is 4.95. The molecule has 0 bridgehead atoms. The number of esters is 1. The maximum atomic E-state index is 13.1. The van der Waals surface area contributed by atoms with E-state index in [2.05, 4.69) is 0 Å². The van der Waals surface area contributed by atoms with E-state index < -0.39 is 18.2 Å². The van der Waals surface area contributed by atoms with E-state index in [0.717, 1.165) is 25.7 Å². The van der Waals surface area contributed by atoms with Crippen LogP contribution in [0.3, 0.4) is 0 Å². The summed E-state index contributed by atoms with van der Waals surface area (Å²) < 4.78 is 10.7. The monoisotopic (exact) mass is 382 g/mol. The molecule has 2 atom stereocenters.